The van der Waals surface area contributed by atoms with Crippen LogP contribution in [0, 0.1) is 0 Å². The van der Waals surface area contributed by atoms with Gasteiger partial charge in [0.2, 0.25) is 0 Å². The minimum atomic E-state index is 0.637. The van der Waals surface area contributed by atoms with E-state index in [0.29, 0.717) is 5.56 Å². The summed E-state index contributed by atoms with van der Waals surface area (Å²) in [6, 6.07) is 32.7. The van der Waals surface area contributed by atoms with Crippen LogP contribution in [0.15, 0.2) is 114 Å². The summed E-state index contributed by atoms with van der Waals surface area (Å²) < 4.78 is 5.38. The van der Waals surface area contributed by atoms with Gasteiger partial charge in [0, 0.05) is 33.4 Å². The topological polar surface area (TPSA) is 33.5 Å². The number of carbonyl (C=O) groups is 1. The second-order valence-electron chi connectivity index (χ2n) is 7.11. The lowest BCUT2D eigenvalue weighted by atomic mass is 9.98. The number of aldehydes is 1. The number of fused-ring (bicyclic) bond motifs is 1. The lowest BCUT2D eigenvalue weighted by Gasteiger charge is -2.25. The monoisotopic (exact) mass is 389 g/mol. The third-order valence-electron chi connectivity index (χ3n) is 5.22. The Morgan fingerprint density at radius 3 is 1.87 bits per heavy atom. The molecule has 0 saturated heterocycles. The molecule has 5 rings (SSSR count). The second kappa shape index (κ2) is 7.72. The van der Waals surface area contributed by atoms with Crippen molar-refractivity contribution >= 4 is 34.1 Å². The number of hydrogen-bond donors (Lipinski definition) is 0. The fourth-order valence-electron chi connectivity index (χ4n) is 3.80. The molecule has 0 amide bonds. The molecule has 1 aromatic heterocycles. The predicted molar refractivity (Wildman–Crippen MR) is 122 cm³/mol. The highest BCUT2D eigenvalue weighted by Gasteiger charge is 2.13. The molecule has 0 fully saturated rings. The Morgan fingerprint density at radius 1 is 0.667 bits per heavy atom. The van der Waals surface area contributed by atoms with Crippen molar-refractivity contribution < 1.29 is 9.21 Å². The van der Waals surface area contributed by atoms with E-state index in [-0.39, 0.29) is 0 Å². The number of furan rings is 1. The molecule has 0 spiro atoms. The summed E-state index contributed by atoms with van der Waals surface area (Å²) in [6.07, 6.45) is 4.27. The summed E-state index contributed by atoms with van der Waals surface area (Å²) >= 11 is 0. The fraction of sp³-hybridized carbons (Fsp3) is 0. The highest BCUT2D eigenvalue weighted by Crippen LogP contribution is 2.36. The van der Waals surface area contributed by atoms with Gasteiger partial charge in [0.1, 0.15) is 6.29 Å². The molecule has 0 atom stereocenters. The highest BCUT2D eigenvalue weighted by molar-refractivity contribution is 6.00. The Labute approximate surface area is 174 Å². The third kappa shape index (κ3) is 3.27. The lowest BCUT2D eigenvalue weighted by molar-refractivity contribution is 0.112. The molecule has 144 valence electrons. The van der Waals surface area contributed by atoms with Gasteiger partial charge in [-0.3, -0.25) is 4.79 Å². The number of benzene rings is 4. The molecule has 3 nitrogen and oxygen atoms in total. The van der Waals surface area contributed by atoms with Gasteiger partial charge >= 0.3 is 0 Å². The largest absolute Gasteiger partial charge is 0.471 e. The maximum Gasteiger partial charge on any atom is 0.150 e. The van der Waals surface area contributed by atoms with Crippen molar-refractivity contribution in [3.05, 3.63) is 115 Å². The van der Waals surface area contributed by atoms with Gasteiger partial charge < -0.3 is 9.32 Å². The molecule has 3 heteroatoms. The fourth-order valence-corrected chi connectivity index (χ4v) is 3.80. The Balaban J connectivity index is 1.60. The van der Waals surface area contributed by atoms with Gasteiger partial charge in [0.25, 0.3) is 0 Å². The van der Waals surface area contributed by atoms with Crippen LogP contribution in [-0.2, 0) is 0 Å². The minimum absolute atomic E-state index is 0.637. The molecule has 0 aliphatic heterocycles. The molecular formula is C27H19NO2. The van der Waals surface area contributed by atoms with Crippen LogP contribution in [0.1, 0.15) is 10.4 Å². The van der Waals surface area contributed by atoms with Gasteiger partial charge in [-0.1, -0.05) is 48.5 Å². The van der Waals surface area contributed by atoms with E-state index in [4.69, 9.17) is 4.42 Å². The van der Waals surface area contributed by atoms with E-state index in [0.717, 1.165) is 45.2 Å². The van der Waals surface area contributed by atoms with E-state index >= 15 is 0 Å². The van der Waals surface area contributed by atoms with E-state index in [1.54, 1.807) is 12.5 Å². The van der Waals surface area contributed by atoms with Crippen molar-refractivity contribution in [2.24, 2.45) is 0 Å². The molecule has 30 heavy (non-hydrogen) atoms. The number of carbonyl (C=O) groups excluding carboxylic acids is 1. The van der Waals surface area contributed by atoms with Crippen molar-refractivity contribution in [3.63, 3.8) is 0 Å². The smallest absolute Gasteiger partial charge is 0.150 e. The van der Waals surface area contributed by atoms with Crippen LogP contribution >= 0.6 is 0 Å². The van der Waals surface area contributed by atoms with Crippen molar-refractivity contribution in [2.75, 3.05) is 4.90 Å². The number of rotatable bonds is 5. The Morgan fingerprint density at radius 2 is 1.27 bits per heavy atom. The zero-order chi connectivity index (χ0) is 20.3. The van der Waals surface area contributed by atoms with Crippen LogP contribution in [0.4, 0.5) is 17.1 Å². The van der Waals surface area contributed by atoms with Crippen molar-refractivity contribution in [3.8, 4) is 11.1 Å². The predicted octanol–water partition coefficient (Wildman–Crippen LogP) is 7.38. The summed E-state index contributed by atoms with van der Waals surface area (Å²) in [7, 11) is 0. The van der Waals surface area contributed by atoms with Crippen molar-refractivity contribution in [1.82, 2.24) is 0 Å². The van der Waals surface area contributed by atoms with Crippen LogP contribution in [0.2, 0.25) is 0 Å². The first kappa shape index (κ1) is 18.0. The van der Waals surface area contributed by atoms with Crippen LogP contribution in [0.25, 0.3) is 21.9 Å². The van der Waals surface area contributed by atoms with Crippen LogP contribution in [0.5, 0.6) is 0 Å². The summed E-state index contributed by atoms with van der Waals surface area (Å²) in [6.45, 7) is 0. The standard InChI is InChI=1S/C27H19NO2/c29-17-20-15-22-18-30-19-27(22)26(16-20)21-11-13-25(14-12-21)28(23-7-3-1-4-8-23)24-9-5-2-6-10-24/h1-19H. The summed E-state index contributed by atoms with van der Waals surface area (Å²) in [5, 5.41) is 1.92. The normalized spacial score (nSPS) is 10.8. The molecule has 0 unspecified atom stereocenters. The molecule has 5 aromatic rings. The molecule has 0 radical (unpaired) electrons. The van der Waals surface area contributed by atoms with Gasteiger partial charge in [0.15, 0.2) is 0 Å². The van der Waals surface area contributed by atoms with E-state index in [1.165, 1.54) is 0 Å². The molecule has 4 aromatic carbocycles. The lowest BCUT2D eigenvalue weighted by Crippen LogP contribution is -2.09. The first-order chi connectivity index (χ1) is 14.8. The average Bonchev–Trinajstić information content (AvgIpc) is 3.29. The number of hydrogen-bond acceptors (Lipinski definition) is 3. The van der Waals surface area contributed by atoms with Gasteiger partial charge in [-0.25, -0.2) is 0 Å². The SMILES string of the molecule is O=Cc1cc(-c2ccc(N(c3ccccc3)c3ccccc3)cc2)c2cocc2c1. The quantitative estimate of drug-likeness (QED) is 0.294. The Kier molecular flexibility index (Phi) is 4.62. The Hall–Kier alpha value is -4.11. The van der Waals surface area contributed by atoms with Gasteiger partial charge in [-0.15, -0.1) is 0 Å². The molecular weight excluding hydrogens is 370 g/mol. The molecule has 0 aliphatic rings. The minimum Gasteiger partial charge on any atom is -0.471 e. The molecule has 0 saturated carbocycles. The van der Waals surface area contributed by atoms with Gasteiger partial charge in [0.05, 0.1) is 12.5 Å². The second-order valence-corrected chi connectivity index (χ2v) is 7.11. The van der Waals surface area contributed by atoms with E-state index in [1.807, 2.05) is 48.5 Å². The molecule has 0 N–H and O–H groups in total. The number of para-hydroxylation sites is 2. The highest BCUT2D eigenvalue weighted by atomic mass is 16.3. The maximum atomic E-state index is 11.4. The van der Waals surface area contributed by atoms with Gasteiger partial charge in [-0.2, -0.15) is 0 Å². The molecule has 0 aliphatic carbocycles. The summed E-state index contributed by atoms with van der Waals surface area (Å²) in [5.74, 6) is 0. The maximum absolute atomic E-state index is 11.4. The first-order valence-electron chi connectivity index (χ1n) is 9.79. The zero-order valence-corrected chi connectivity index (χ0v) is 16.2. The van der Waals surface area contributed by atoms with E-state index < -0.39 is 0 Å². The number of nitrogens with zero attached hydrogens (tertiary/aromatic N) is 1. The van der Waals surface area contributed by atoms with Crippen LogP contribution in [0.3, 0.4) is 0 Å². The van der Waals surface area contributed by atoms with Crippen molar-refractivity contribution in [2.45, 2.75) is 0 Å². The molecule has 1 heterocycles. The van der Waals surface area contributed by atoms with E-state index in [9.17, 15) is 4.79 Å². The first-order valence-corrected chi connectivity index (χ1v) is 9.79. The van der Waals surface area contributed by atoms with E-state index in [2.05, 4.69) is 53.4 Å². The number of anilines is 3. The molecule has 0 bridgehead atoms. The van der Waals surface area contributed by atoms with Gasteiger partial charge in [-0.05, 0) is 59.7 Å². The average molecular weight is 389 g/mol. The third-order valence-corrected chi connectivity index (χ3v) is 5.22. The summed E-state index contributed by atoms with van der Waals surface area (Å²) in [4.78, 5) is 13.6. The van der Waals surface area contributed by atoms with Crippen molar-refractivity contribution in [1.29, 1.82) is 0 Å². The van der Waals surface area contributed by atoms with Crippen LogP contribution in [-0.4, -0.2) is 6.29 Å². The summed E-state index contributed by atoms with van der Waals surface area (Å²) in [5.41, 5.74) is 5.91. The Bertz CT molecular complexity index is 1250. The van der Waals surface area contributed by atoms with Crippen LogP contribution < -0.4 is 4.90 Å². The zero-order valence-electron chi connectivity index (χ0n) is 16.2.